The predicted molar refractivity (Wildman–Crippen MR) is 58.9 cm³/mol. The number of hydrogen-bond acceptors (Lipinski definition) is 3. The number of carbonyl (C=O) groups is 1. The van der Waals surface area contributed by atoms with Gasteiger partial charge < -0.3 is 9.84 Å². The van der Waals surface area contributed by atoms with E-state index in [1.165, 1.54) is 0 Å². The quantitative estimate of drug-likeness (QED) is 0.795. The van der Waals surface area contributed by atoms with E-state index in [2.05, 4.69) is 5.32 Å². The van der Waals surface area contributed by atoms with Gasteiger partial charge in [-0.2, -0.15) is 0 Å². The van der Waals surface area contributed by atoms with E-state index in [-0.39, 0.29) is 6.04 Å². The highest BCUT2D eigenvalue weighted by Crippen LogP contribution is 2.31. The van der Waals surface area contributed by atoms with Crippen molar-refractivity contribution in [3.8, 4) is 0 Å². The zero-order chi connectivity index (χ0) is 11.8. The Labute approximate surface area is 94.2 Å². The Kier molecular flexibility index (Phi) is 2.69. The van der Waals surface area contributed by atoms with Crippen LogP contribution in [-0.4, -0.2) is 22.9 Å². The van der Waals surface area contributed by atoms with Gasteiger partial charge in [-0.15, -0.1) is 0 Å². The molecule has 0 aromatic heterocycles. The summed E-state index contributed by atoms with van der Waals surface area (Å²) in [6, 6.07) is 9.19. The van der Waals surface area contributed by atoms with E-state index < -0.39 is 17.8 Å². The molecule has 1 aliphatic rings. The van der Waals surface area contributed by atoms with E-state index >= 15 is 0 Å². The zero-order valence-corrected chi connectivity index (χ0v) is 9.31. The van der Waals surface area contributed by atoms with E-state index in [0.29, 0.717) is 0 Å². The molecule has 0 bridgehead atoms. The van der Waals surface area contributed by atoms with Gasteiger partial charge in [0.2, 0.25) is 0 Å². The second-order valence-electron chi connectivity index (χ2n) is 4.42. The standard InChI is InChI=1S/C12H15NO3/c1-12(2)13-9(10(16-12)11(14)15)8-6-4-3-5-7-8/h3-7,9-10,13H,1-2H3,(H,14,15)/t9-,10?/m1/s1. The Hall–Kier alpha value is -1.39. The number of ether oxygens (including phenoxy) is 1. The van der Waals surface area contributed by atoms with Gasteiger partial charge in [-0.1, -0.05) is 30.3 Å². The lowest BCUT2D eigenvalue weighted by Crippen LogP contribution is -2.34. The first-order chi connectivity index (χ1) is 7.49. The summed E-state index contributed by atoms with van der Waals surface area (Å²) in [7, 11) is 0. The van der Waals surface area contributed by atoms with Crippen molar-refractivity contribution in [2.24, 2.45) is 0 Å². The highest BCUT2D eigenvalue weighted by atomic mass is 16.6. The third kappa shape index (κ3) is 2.08. The summed E-state index contributed by atoms with van der Waals surface area (Å²) in [6.07, 6.45) is -0.836. The molecule has 4 nitrogen and oxygen atoms in total. The van der Waals surface area contributed by atoms with Crippen LogP contribution >= 0.6 is 0 Å². The molecule has 0 radical (unpaired) electrons. The lowest BCUT2D eigenvalue weighted by Gasteiger charge is -2.17. The molecule has 1 fully saturated rings. The molecule has 0 spiro atoms. The van der Waals surface area contributed by atoms with Crippen molar-refractivity contribution >= 4 is 5.97 Å². The summed E-state index contributed by atoms with van der Waals surface area (Å²) >= 11 is 0. The van der Waals surface area contributed by atoms with Gasteiger partial charge in [0.25, 0.3) is 0 Å². The van der Waals surface area contributed by atoms with E-state index in [9.17, 15) is 4.79 Å². The van der Waals surface area contributed by atoms with Crippen LogP contribution in [0.15, 0.2) is 30.3 Å². The molecular formula is C12H15NO3. The van der Waals surface area contributed by atoms with Crippen molar-refractivity contribution in [2.45, 2.75) is 31.7 Å². The van der Waals surface area contributed by atoms with Crippen LogP contribution in [0.25, 0.3) is 0 Å². The number of benzene rings is 1. The van der Waals surface area contributed by atoms with Gasteiger partial charge >= 0.3 is 5.97 Å². The van der Waals surface area contributed by atoms with Crippen LogP contribution in [0.5, 0.6) is 0 Å². The number of hydrogen-bond donors (Lipinski definition) is 2. The summed E-state index contributed by atoms with van der Waals surface area (Å²) in [5.41, 5.74) is 0.323. The Morgan fingerprint density at radius 2 is 2.00 bits per heavy atom. The Morgan fingerprint density at radius 3 is 2.56 bits per heavy atom. The van der Waals surface area contributed by atoms with Crippen molar-refractivity contribution in [3.63, 3.8) is 0 Å². The van der Waals surface area contributed by atoms with Crippen LogP contribution in [0.4, 0.5) is 0 Å². The van der Waals surface area contributed by atoms with Crippen LogP contribution in [-0.2, 0) is 9.53 Å². The van der Waals surface area contributed by atoms with Gasteiger partial charge in [0.15, 0.2) is 6.10 Å². The van der Waals surface area contributed by atoms with Crippen LogP contribution < -0.4 is 5.32 Å². The molecule has 1 aliphatic heterocycles. The summed E-state index contributed by atoms with van der Waals surface area (Å²) in [5.74, 6) is -0.938. The van der Waals surface area contributed by atoms with E-state index in [1.807, 2.05) is 44.2 Å². The van der Waals surface area contributed by atoms with Crippen LogP contribution in [0.1, 0.15) is 25.5 Å². The smallest absolute Gasteiger partial charge is 0.334 e. The molecule has 1 heterocycles. The number of aliphatic carboxylic acids is 1. The minimum Gasteiger partial charge on any atom is -0.479 e. The number of carboxylic acid groups (broad SMARTS) is 1. The summed E-state index contributed by atoms with van der Waals surface area (Å²) < 4.78 is 5.47. The molecule has 86 valence electrons. The second-order valence-corrected chi connectivity index (χ2v) is 4.42. The summed E-state index contributed by atoms with van der Waals surface area (Å²) in [4.78, 5) is 11.1. The van der Waals surface area contributed by atoms with Gasteiger partial charge in [-0.25, -0.2) is 4.79 Å². The molecule has 0 amide bonds. The van der Waals surface area contributed by atoms with Crippen molar-refractivity contribution in [3.05, 3.63) is 35.9 Å². The normalized spacial score (nSPS) is 27.9. The molecule has 2 atom stereocenters. The molecule has 1 aromatic carbocycles. The molecule has 4 heteroatoms. The average molecular weight is 221 g/mol. The molecule has 2 rings (SSSR count). The van der Waals surface area contributed by atoms with Gasteiger partial charge in [-0.05, 0) is 19.4 Å². The molecule has 16 heavy (non-hydrogen) atoms. The minimum absolute atomic E-state index is 0.298. The van der Waals surface area contributed by atoms with Gasteiger partial charge in [0.05, 0.1) is 6.04 Å². The van der Waals surface area contributed by atoms with Crippen LogP contribution in [0.2, 0.25) is 0 Å². The highest BCUT2D eigenvalue weighted by Gasteiger charge is 2.44. The Morgan fingerprint density at radius 1 is 1.38 bits per heavy atom. The largest absolute Gasteiger partial charge is 0.479 e. The van der Waals surface area contributed by atoms with Gasteiger partial charge in [0.1, 0.15) is 5.72 Å². The Balaban J connectivity index is 2.29. The molecule has 0 saturated carbocycles. The molecule has 1 aromatic rings. The first kappa shape index (κ1) is 11.1. The van der Waals surface area contributed by atoms with Crippen LogP contribution in [0, 0.1) is 0 Å². The zero-order valence-electron chi connectivity index (χ0n) is 9.31. The molecule has 0 aliphatic carbocycles. The first-order valence-electron chi connectivity index (χ1n) is 5.23. The fourth-order valence-corrected chi connectivity index (χ4v) is 1.98. The monoisotopic (exact) mass is 221 g/mol. The summed E-state index contributed by atoms with van der Waals surface area (Å²) in [6.45, 7) is 3.65. The maximum atomic E-state index is 11.1. The van der Waals surface area contributed by atoms with E-state index in [0.717, 1.165) is 5.56 Å². The lowest BCUT2D eigenvalue weighted by molar-refractivity contribution is -0.153. The lowest BCUT2D eigenvalue weighted by atomic mass is 10.0. The maximum absolute atomic E-state index is 11.1. The SMILES string of the molecule is CC1(C)N[C@H](c2ccccc2)C(C(=O)O)O1. The first-order valence-corrected chi connectivity index (χ1v) is 5.23. The molecule has 1 unspecified atom stereocenters. The third-order valence-corrected chi connectivity index (χ3v) is 2.63. The van der Waals surface area contributed by atoms with Crippen LogP contribution in [0.3, 0.4) is 0 Å². The van der Waals surface area contributed by atoms with E-state index in [4.69, 9.17) is 9.84 Å². The third-order valence-electron chi connectivity index (χ3n) is 2.63. The second kappa shape index (κ2) is 3.88. The molecular weight excluding hydrogens is 206 g/mol. The van der Waals surface area contributed by atoms with Gasteiger partial charge in [-0.3, -0.25) is 5.32 Å². The minimum atomic E-state index is -0.938. The van der Waals surface area contributed by atoms with E-state index in [1.54, 1.807) is 0 Å². The van der Waals surface area contributed by atoms with Crippen molar-refractivity contribution < 1.29 is 14.6 Å². The number of nitrogens with one attached hydrogen (secondary N) is 1. The van der Waals surface area contributed by atoms with Crippen molar-refractivity contribution in [1.82, 2.24) is 5.32 Å². The van der Waals surface area contributed by atoms with Gasteiger partial charge in [0, 0.05) is 0 Å². The fourth-order valence-electron chi connectivity index (χ4n) is 1.98. The molecule has 1 saturated heterocycles. The maximum Gasteiger partial charge on any atom is 0.334 e. The summed E-state index contributed by atoms with van der Waals surface area (Å²) in [5, 5.41) is 12.3. The predicted octanol–water partition coefficient (Wildman–Crippen LogP) is 1.54. The fraction of sp³-hybridized carbons (Fsp3) is 0.417. The molecule has 2 N–H and O–H groups in total. The topological polar surface area (TPSA) is 58.6 Å². The number of rotatable bonds is 2. The van der Waals surface area contributed by atoms with Crippen molar-refractivity contribution in [2.75, 3.05) is 0 Å². The highest BCUT2D eigenvalue weighted by molar-refractivity contribution is 5.74. The van der Waals surface area contributed by atoms with Crippen molar-refractivity contribution in [1.29, 1.82) is 0 Å². The number of carboxylic acids is 1. The Bertz CT molecular complexity index is 389. The average Bonchev–Trinajstić information content (AvgIpc) is 2.56.